The first-order valence-electron chi connectivity index (χ1n) is 7.31. The van der Waals surface area contributed by atoms with Crippen LogP contribution in [-0.4, -0.2) is 25.9 Å². The maximum absolute atomic E-state index is 12.4. The number of aromatic nitrogens is 3. The first-order chi connectivity index (χ1) is 12.0. The van der Waals surface area contributed by atoms with Gasteiger partial charge in [-0.25, -0.2) is 0 Å². The fraction of sp³-hybridized carbons (Fsp3) is 0.188. The van der Waals surface area contributed by atoms with Crippen LogP contribution >= 0.6 is 35.0 Å². The van der Waals surface area contributed by atoms with Crippen LogP contribution in [0.25, 0.3) is 11.6 Å². The number of carbonyl (C=O) groups is 1. The SMILES string of the molecule is CC(Sc1nnc(-c2ccco2)n1C)C(=O)Nc1cc(Cl)ccc1Cl. The molecule has 0 radical (unpaired) electrons. The maximum Gasteiger partial charge on any atom is 0.237 e. The van der Waals surface area contributed by atoms with Crippen molar-refractivity contribution < 1.29 is 9.21 Å². The predicted molar refractivity (Wildman–Crippen MR) is 99.1 cm³/mol. The molecule has 2 heterocycles. The van der Waals surface area contributed by atoms with E-state index in [0.29, 0.717) is 32.5 Å². The molecule has 0 aliphatic rings. The number of hydrogen-bond donors (Lipinski definition) is 1. The molecule has 9 heteroatoms. The van der Waals surface area contributed by atoms with E-state index in [9.17, 15) is 4.79 Å². The molecular formula is C16H14Cl2N4O2S. The number of nitrogens with one attached hydrogen (secondary N) is 1. The molecule has 3 rings (SSSR count). The zero-order chi connectivity index (χ0) is 18.0. The molecule has 25 heavy (non-hydrogen) atoms. The minimum Gasteiger partial charge on any atom is -0.461 e. The molecule has 0 spiro atoms. The molecule has 0 saturated carbocycles. The number of amides is 1. The zero-order valence-corrected chi connectivity index (χ0v) is 15.7. The van der Waals surface area contributed by atoms with E-state index < -0.39 is 5.25 Å². The van der Waals surface area contributed by atoms with E-state index in [1.807, 2.05) is 7.05 Å². The van der Waals surface area contributed by atoms with Crippen molar-refractivity contribution in [3.05, 3.63) is 46.6 Å². The molecule has 1 unspecified atom stereocenters. The number of thioether (sulfide) groups is 1. The number of hydrogen-bond acceptors (Lipinski definition) is 5. The monoisotopic (exact) mass is 396 g/mol. The lowest BCUT2D eigenvalue weighted by atomic mass is 10.3. The van der Waals surface area contributed by atoms with Crippen LogP contribution in [0, 0.1) is 0 Å². The van der Waals surface area contributed by atoms with Gasteiger partial charge in [-0.3, -0.25) is 4.79 Å². The zero-order valence-electron chi connectivity index (χ0n) is 13.4. The smallest absolute Gasteiger partial charge is 0.237 e. The summed E-state index contributed by atoms with van der Waals surface area (Å²) in [5, 5.41) is 12.1. The van der Waals surface area contributed by atoms with E-state index in [1.165, 1.54) is 11.8 Å². The van der Waals surface area contributed by atoms with Crippen molar-refractivity contribution in [2.45, 2.75) is 17.3 Å². The number of rotatable bonds is 5. The molecule has 1 amide bonds. The first-order valence-corrected chi connectivity index (χ1v) is 8.95. The van der Waals surface area contributed by atoms with E-state index in [-0.39, 0.29) is 5.91 Å². The number of carbonyl (C=O) groups excluding carboxylic acids is 1. The molecule has 0 aliphatic carbocycles. The minimum atomic E-state index is -0.414. The van der Waals surface area contributed by atoms with Crippen molar-refractivity contribution >= 4 is 46.6 Å². The quantitative estimate of drug-likeness (QED) is 0.642. The minimum absolute atomic E-state index is 0.211. The Hall–Kier alpha value is -1.96. The van der Waals surface area contributed by atoms with Gasteiger partial charge in [0.15, 0.2) is 16.7 Å². The summed E-state index contributed by atoms with van der Waals surface area (Å²) in [4.78, 5) is 12.4. The van der Waals surface area contributed by atoms with E-state index >= 15 is 0 Å². The highest BCUT2D eigenvalue weighted by molar-refractivity contribution is 8.00. The maximum atomic E-state index is 12.4. The molecule has 2 aromatic heterocycles. The van der Waals surface area contributed by atoms with Crippen LogP contribution < -0.4 is 5.32 Å². The summed E-state index contributed by atoms with van der Waals surface area (Å²) in [5.41, 5.74) is 0.473. The molecule has 6 nitrogen and oxygen atoms in total. The van der Waals surface area contributed by atoms with Crippen LogP contribution in [-0.2, 0) is 11.8 Å². The highest BCUT2D eigenvalue weighted by atomic mass is 35.5. The molecule has 0 fully saturated rings. The topological polar surface area (TPSA) is 73.0 Å². The van der Waals surface area contributed by atoms with Crippen LogP contribution in [0.2, 0.25) is 10.0 Å². The predicted octanol–water partition coefficient (Wildman–Crippen LogP) is 4.50. The van der Waals surface area contributed by atoms with E-state index in [1.54, 1.807) is 48.1 Å². The Morgan fingerprint density at radius 1 is 1.32 bits per heavy atom. The van der Waals surface area contributed by atoms with Crippen molar-refractivity contribution in [1.29, 1.82) is 0 Å². The van der Waals surface area contributed by atoms with Crippen LogP contribution in [0.15, 0.2) is 46.2 Å². The normalized spacial score (nSPS) is 12.2. The third-order valence-electron chi connectivity index (χ3n) is 3.41. The Morgan fingerprint density at radius 3 is 2.84 bits per heavy atom. The van der Waals surface area contributed by atoms with Crippen molar-refractivity contribution in [2.24, 2.45) is 7.05 Å². The van der Waals surface area contributed by atoms with E-state index in [2.05, 4.69) is 15.5 Å². The molecule has 1 atom stereocenters. The average molecular weight is 397 g/mol. The van der Waals surface area contributed by atoms with Gasteiger partial charge in [-0.15, -0.1) is 10.2 Å². The number of furan rings is 1. The summed E-state index contributed by atoms with van der Waals surface area (Å²) in [6.07, 6.45) is 1.57. The molecule has 0 aliphatic heterocycles. The van der Waals surface area contributed by atoms with Crippen molar-refractivity contribution in [3.63, 3.8) is 0 Å². The van der Waals surface area contributed by atoms with Gasteiger partial charge in [-0.2, -0.15) is 0 Å². The van der Waals surface area contributed by atoms with Crippen LogP contribution in [0.1, 0.15) is 6.92 Å². The van der Waals surface area contributed by atoms with Gasteiger partial charge in [0, 0.05) is 12.1 Å². The second-order valence-corrected chi connectivity index (χ2v) is 7.37. The van der Waals surface area contributed by atoms with Crippen molar-refractivity contribution in [3.8, 4) is 11.6 Å². The van der Waals surface area contributed by atoms with Crippen LogP contribution in [0.5, 0.6) is 0 Å². The largest absolute Gasteiger partial charge is 0.461 e. The third-order valence-corrected chi connectivity index (χ3v) is 5.11. The number of nitrogens with zero attached hydrogens (tertiary/aromatic N) is 3. The molecule has 0 saturated heterocycles. The van der Waals surface area contributed by atoms with Gasteiger partial charge in [0.1, 0.15) is 0 Å². The summed E-state index contributed by atoms with van der Waals surface area (Å²) in [7, 11) is 1.82. The van der Waals surface area contributed by atoms with Gasteiger partial charge in [-0.05, 0) is 37.3 Å². The number of anilines is 1. The van der Waals surface area contributed by atoms with Gasteiger partial charge in [0.2, 0.25) is 5.91 Å². The summed E-state index contributed by atoms with van der Waals surface area (Å²) >= 11 is 13.3. The van der Waals surface area contributed by atoms with Crippen LogP contribution in [0.4, 0.5) is 5.69 Å². The highest BCUT2D eigenvalue weighted by Gasteiger charge is 2.21. The van der Waals surface area contributed by atoms with Gasteiger partial charge in [0.25, 0.3) is 0 Å². The number of benzene rings is 1. The van der Waals surface area contributed by atoms with Gasteiger partial charge >= 0.3 is 0 Å². The van der Waals surface area contributed by atoms with Crippen molar-refractivity contribution in [2.75, 3.05) is 5.32 Å². The summed E-state index contributed by atoms with van der Waals surface area (Å²) in [5.74, 6) is 0.999. The Balaban J connectivity index is 1.71. The lowest BCUT2D eigenvalue weighted by Crippen LogP contribution is -2.23. The first kappa shape index (κ1) is 17.8. The fourth-order valence-corrected chi connectivity index (χ4v) is 3.23. The molecule has 130 valence electrons. The Bertz CT molecular complexity index is 896. The summed E-state index contributed by atoms with van der Waals surface area (Å²) in [6.45, 7) is 1.78. The van der Waals surface area contributed by atoms with Gasteiger partial charge in [0.05, 0.1) is 22.2 Å². The molecule has 1 N–H and O–H groups in total. The summed E-state index contributed by atoms with van der Waals surface area (Å²) < 4.78 is 7.11. The molecule has 3 aromatic rings. The Morgan fingerprint density at radius 2 is 2.12 bits per heavy atom. The second kappa shape index (κ2) is 7.51. The molecular weight excluding hydrogens is 383 g/mol. The lowest BCUT2D eigenvalue weighted by Gasteiger charge is -2.12. The van der Waals surface area contributed by atoms with E-state index in [4.69, 9.17) is 27.6 Å². The molecule has 1 aromatic carbocycles. The van der Waals surface area contributed by atoms with Gasteiger partial charge in [-0.1, -0.05) is 35.0 Å². The average Bonchev–Trinajstić information content (AvgIpc) is 3.21. The van der Waals surface area contributed by atoms with Gasteiger partial charge < -0.3 is 14.3 Å². The highest BCUT2D eigenvalue weighted by Crippen LogP contribution is 2.29. The fourth-order valence-electron chi connectivity index (χ4n) is 2.08. The van der Waals surface area contributed by atoms with Crippen LogP contribution in [0.3, 0.4) is 0 Å². The Labute approximate surface area is 158 Å². The third kappa shape index (κ3) is 4.00. The van der Waals surface area contributed by atoms with E-state index in [0.717, 1.165) is 0 Å². The van der Waals surface area contributed by atoms with Crippen molar-refractivity contribution in [1.82, 2.24) is 14.8 Å². The number of halogens is 2. The second-order valence-electron chi connectivity index (χ2n) is 5.22. The standard InChI is InChI=1S/C16H14Cl2N4O2S/c1-9(15(23)19-12-8-10(17)5-6-11(12)18)25-16-21-20-14(22(16)2)13-4-3-7-24-13/h3-9H,1-2H3,(H,19,23). The lowest BCUT2D eigenvalue weighted by molar-refractivity contribution is -0.115. The molecule has 0 bridgehead atoms. The Kier molecular flexibility index (Phi) is 5.36. The summed E-state index contributed by atoms with van der Waals surface area (Å²) in [6, 6.07) is 8.48.